The number of nitrogens with zero attached hydrogens (tertiary/aromatic N) is 2. The number of hydrogen-bond donors (Lipinski definition) is 1. The molecule has 3 rings (SSSR count). The van der Waals surface area contributed by atoms with E-state index in [4.69, 9.17) is 4.74 Å². The molecule has 0 amide bonds. The normalized spacial score (nSPS) is 17.0. The Kier molecular flexibility index (Phi) is 4.25. The molecular weight excluding hydrogens is 262 g/mol. The van der Waals surface area contributed by atoms with E-state index in [-0.39, 0.29) is 6.04 Å². The number of hydrogen-bond acceptors (Lipinski definition) is 3. The number of rotatable bonds is 6. The van der Waals surface area contributed by atoms with Crippen LogP contribution in [0.15, 0.2) is 36.5 Å². The zero-order valence-corrected chi connectivity index (χ0v) is 12.7. The zero-order valence-electron chi connectivity index (χ0n) is 12.7. The maximum atomic E-state index is 5.69. The van der Waals surface area contributed by atoms with E-state index in [1.807, 2.05) is 12.1 Å². The Labute approximate surface area is 126 Å². The van der Waals surface area contributed by atoms with E-state index in [0.717, 1.165) is 30.8 Å². The van der Waals surface area contributed by atoms with Crippen LogP contribution < -0.4 is 10.1 Å². The number of ether oxygens (including phenoxy) is 1. The van der Waals surface area contributed by atoms with Gasteiger partial charge in [-0.2, -0.15) is 5.10 Å². The molecule has 0 radical (unpaired) electrons. The van der Waals surface area contributed by atoms with E-state index in [2.05, 4.69) is 53.3 Å². The summed E-state index contributed by atoms with van der Waals surface area (Å²) < 4.78 is 7.78. The van der Waals surface area contributed by atoms with Crippen molar-refractivity contribution in [3.05, 3.63) is 47.8 Å². The van der Waals surface area contributed by atoms with Gasteiger partial charge in [0.2, 0.25) is 0 Å². The van der Waals surface area contributed by atoms with Crippen LogP contribution in [0, 0.1) is 0 Å². The molecule has 0 bridgehead atoms. The average Bonchev–Trinajstić information content (AvgIpc) is 3.13. The van der Waals surface area contributed by atoms with Crippen molar-refractivity contribution in [2.24, 2.45) is 0 Å². The van der Waals surface area contributed by atoms with Crippen molar-refractivity contribution in [3.63, 3.8) is 0 Å². The Morgan fingerprint density at radius 3 is 2.90 bits per heavy atom. The molecule has 1 atom stereocenters. The Balaban J connectivity index is 1.61. The van der Waals surface area contributed by atoms with Crippen molar-refractivity contribution in [1.29, 1.82) is 0 Å². The maximum absolute atomic E-state index is 5.69. The lowest BCUT2D eigenvalue weighted by molar-refractivity contribution is 0.309. The number of benzene rings is 1. The fourth-order valence-electron chi connectivity index (χ4n) is 2.90. The summed E-state index contributed by atoms with van der Waals surface area (Å²) in [5, 5.41) is 8.22. The van der Waals surface area contributed by atoms with Crippen LogP contribution in [0.4, 0.5) is 0 Å². The van der Waals surface area contributed by atoms with Crippen LogP contribution in [0.25, 0.3) is 0 Å². The second kappa shape index (κ2) is 6.31. The van der Waals surface area contributed by atoms with E-state index in [1.165, 1.54) is 5.56 Å². The minimum atomic E-state index is 0.263. The zero-order chi connectivity index (χ0) is 14.7. The van der Waals surface area contributed by atoms with E-state index in [9.17, 15) is 0 Å². The smallest absolute Gasteiger partial charge is 0.124 e. The van der Waals surface area contributed by atoms with Crippen LogP contribution >= 0.6 is 0 Å². The Morgan fingerprint density at radius 2 is 2.10 bits per heavy atom. The van der Waals surface area contributed by atoms with Gasteiger partial charge in [-0.15, -0.1) is 0 Å². The van der Waals surface area contributed by atoms with Crippen molar-refractivity contribution in [2.75, 3.05) is 6.61 Å². The van der Waals surface area contributed by atoms with Gasteiger partial charge in [0.15, 0.2) is 0 Å². The lowest BCUT2D eigenvalue weighted by atomic mass is 10.1. The van der Waals surface area contributed by atoms with E-state index in [0.29, 0.717) is 12.6 Å². The van der Waals surface area contributed by atoms with Gasteiger partial charge in [-0.05, 0) is 25.0 Å². The third-order valence-electron chi connectivity index (χ3n) is 4.21. The molecule has 0 saturated heterocycles. The van der Waals surface area contributed by atoms with Crippen molar-refractivity contribution >= 4 is 0 Å². The van der Waals surface area contributed by atoms with Crippen molar-refractivity contribution < 1.29 is 4.74 Å². The van der Waals surface area contributed by atoms with E-state index < -0.39 is 0 Å². The highest BCUT2D eigenvalue weighted by Gasteiger charge is 2.23. The summed E-state index contributed by atoms with van der Waals surface area (Å²) >= 11 is 0. The van der Waals surface area contributed by atoms with Gasteiger partial charge >= 0.3 is 0 Å². The molecule has 0 aliphatic carbocycles. The molecule has 1 aromatic heterocycles. The van der Waals surface area contributed by atoms with Crippen LogP contribution in [0.3, 0.4) is 0 Å². The molecule has 1 aromatic carbocycles. The standard InChI is InChI=1S/C17H23N3O/c1-3-14(4-2)20-10-9-13(19-20)11-18-16-12-21-17-8-6-5-7-15(16)17/h5-10,14,16,18H,3-4,11-12H2,1-2H3. The van der Waals surface area contributed by atoms with Gasteiger partial charge in [0, 0.05) is 18.3 Å². The summed E-state index contributed by atoms with van der Waals surface area (Å²) in [7, 11) is 0. The Morgan fingerprint density at radius 1 is 1.29 bits per heavy atom. The number of aromatic nitrogens is 2. The molecule has 112 valence electrons. The first kappa shape index (κ1) is 14.1. The van der Waals surface area contributed by atoms with Crippen LogP contribution in [-0.4, -0.2) is 16.4 Å². The number of fused-ring (bicyclic) bond motifs is 1. The lowest BCUT2D eigenvalue weighted by Gasteiger charge is -2.13. The maximum Gasteiger partial charge on any atom is 0.124 e. The fourth-order valence-corrected chi connectivity index (χ4v) is 2.90. The fraction of sp³-hybridized carbons (Fsp3) is 0.471. The Bertz CT molecular complexity index is 589. The number of para-hydroxylation sites is 1. The second-order valence-electron chi connectivity index (χ2n) is 5.54. The second-order valence-corrected chi connectivity index (χ2v) is 5.54. The summed E-state index contributed by atoms with van der Waals surface area (Å²) in [5.41, 5.74) is 2.34. The SMILES string of the molecule is CCC(CC)n1ccc(CNC2COc3ccccc32)n1. The summed E-state index contributed by atoms with van der Waals surface area (Å²) in [5.74, 6) is 0.998. The van der Waals surface area contributed by atoms with Gasteiger partial charge < -0.3 is 10.1 Å². The van der Waals surface area contributed by atoms with Crippen molar-refractivity contribution in [3.8, 4) is 5.75 Å². The van der Waals surface area contributed by atoms with Gasteiger partial charge in [-0.25, -0.2) is 0 Å². The lowest BCUT2D eigenvalue weighted by Crippen LogP contribution is -2.22. The molecule has 1 unspecified atom stereocenters. The predicted molar refractivity (Wildman–Crippen MR) is 83.4 cm³/mol. The highest BCUT2D eigenvalue weighted by atomic mass is 16.5. The molecule has 2 heterocycles. The predicted octanol–water partition coefficient (Wildman–Crippen LogP) is 3.47. The molecule has 4 nitrogen and oxygen atoms in total. The van der Waals surface area contributed by atoms with Gasteiger partial charge in [0.05, 0.1) is 17.8 Å². The average molecular weight is 285 g/mol. The summed E-state index contributed by atoms with van der Waals surface area (Å²) in [6.45, 7) is 5.89. The minimum Gasteiger partial charge on any atom is -0.491 e. The molecule has 21 heavy (non-hydrogen) atoms. The van der Waals surface area contributed by atoms with Crippen molar-refractivity contribution in [2.45, 2.75) is 45.3 Å². The van der Waals surface area contributed by atoms with Crippen LogP contribution in [0.5, 0.6) is 5.75 Å². The van der Waals surface area contributed by atoms with E-state index >= 15 is 0 Å². The molecule has 0 fully saturated rings. The molecule has 1 aliphatic heterocycles. The quantitative estimate of drug-likeness (QED) is 0.883. The molecule has 2 aromatic rings. The van der Waals surface area contributed by atoms with Crippen LogP contribution in [0.2, 0.25) is 0 Å². The molecule has 0 spiro atoms. The highest BCUT2D eigenvalue weighted by molar-refractivity contribution is 5.39. The first-order chi connectivity index (χ1) is 10.3. The summed E-state index contributed by atoms with van der Waals surface area (Å²) in [6.07, 6.45) is 4.33. The largest absolute Gasteiger partial charge is 0.491 e. The topological polar surface area (TPSA) is 39.1 Å². The molecule has 1 aliphatic rings. The first-order valence-electron chi connectivity index (χ1n) is 7.81. The monoisotopic (exact) mass is 285 g/mol. The third-order valence-corrected chi connectivity index (χ3v) is 4.21. The van der Waals surface area contributed by atoms with Crippen LogP contribution in [0.1, 0.15) is 50.0 Å². The Hall–Kier alpha value is -1.81. The van der Waals surface area contributed by atoms with Gasteiger partial charge in [-0.1, -0.05) is 32.0 Å². The molecule has 4 heteroatoms. The highest BCUT2D eigenvalue weighted by Crippen LogP contribution is 2.31. The van der Waals surface area contributed by atoms with E-state index in [1.54, 1.807) is 0 Å². The summed E-state index contributed by atoms with van der Waals surface area (Å²) in [4.78, 5) is 0. The van der Waals surface area contributed by atoms with Gasteiger partial charge in [0.25, 0.3) is 0 Å². The van der Waals surface area contributed by atoms with Crippen LogP contribution in [-0.2, 0) is 6.54 Å². The molecule has 1 N–H and O–H groups in total. The van der Waals surface area contributed by atoms with Gasteiger partial charge in [0.1, 0.15) is 12.4 Å². The van der Waals surface area contributed by atoms with Gasteiger partial charge in [-0.3, -0.25) is 4.68 Å². The first-order valence-corrected chi connectivity index (χ1v) is 7.81. The molecule has 0 saturated carbocycles. The molecular formula is C17H23N3O. The third kappa shape index (κ3) is 2.95. The summed E-state index contributed by atoms with van der Waals surface area (Å²) in [6, 6.07) is 11.1. The number of nitrogens with one attached hydrogen (secondary N) is 1. The van der Waals surface area contributed by atoms with Crippen molar-refractivity contribution in [1.82, 2.24) is 15.1 Å². The minimum absolute atomic E-state index is 0.263.